The summed E-state index contributed by atoms with van der Waals surface area (Å²) in [7, 11) is 0. The molecule has 0 heterocycles. The molecule has 2 saturated carbocycles. The molecule has 2 aliphatic rings. The van der Waals surface area contributed by atoms with Crippen molar-refractivity contribution >= 4 is 0 Å². The van der Waals surface area contributed by atoms with Crippen molar-refractivity contribution in [3.05, 3.63) is 0 Å². The highest BCUT2D eigenvalue weighted by Crippen LogP contribution is 2.38. The molecule has 17 heavy (non-hydrogen) atoms. The zero-order chi connectivity index (χ0) is 12.4. The lowest BCUT2D eigenvalue weighted by molar-refractivity contribution is 0.143. The molecule has 0 saturated heterocycles. The lowest BCUT2D eigenvalue weighted by Gasteiger charge is -2.40. The Bertz CT molecular complexity index is 229. The maximum absolute atomic E-state index is 6.27. The van der Waals surface area contributed by atoms with E-state index in [9.17, 15) is 0 Å². The first-order valence-corrected chi connectivity index (χ1v) is 7.59. The van der Waals surface area contributed by atoms with Crippen LogP contribution < -0.4 is 11.5 Å². The SMILES string of the molecule is CC1CC(CC2CCCCC2N)CC(C)C1N. The van der Waals surface area contributed by atoms with Gasteiger partial charge in [0.1, 0.15) is 0 Å². The number of nitrogens with two attached hydrogens (primary N) is 2. The number of rotatable bonds is 2. The van der Waals surface area contributed by atoms with E-state index >= 15 is 0 Å². The van der Waals surface area contributed by atoms with Crippen molar-refractivity contribution < 1.29 is 0 Å². The molecule has 0 spiro atoms. The molecule has 4 unspecified atom stereocenters. The second kappa shape index (κ2) is 5.71. The Morgan fingerprint density at radius 3 is 2.12 bits per heavy atom. The van der Waals surface area contributed by atoms with Gasteiger partial charge in [0.25, 0.3) is 0 Å². The van der Waals surface area contributed by atoms with Gasteiger partial charge in [0.05, 0.1) is 0 Å². The Hall–Kier alpha value is -0.0800. The molecule has 0 aromatic rings. The van der Waals surface area contributed by atoms with E-state index in [0.717, 1.165) is 11.8 Å². The summed E-state index contributed by atoms with van der Waals surface area (Å²) in [5.41, 5.74) is 12.5. The van der Waals surface area contributed by atoms with Crippen molar-refractivity contribution in [3.63, 3.8) is 0 Å². The first-order valence-electron chi connectivity index (χ1n) is 7.59. The van der Waals surface area contributed by atoms with E-state index < -0.39 is 0 Å². The van der Waals surface area contributed by atoms with Gasteiger partial charge in [0.2, 0.25) is 0 Å². The molecule has 2 aliphatic carbocycles. The lowest BCUT2D eigenvalue weighted by atomic mass is 9.69. The summed E-state index contributed by atoms with van der Waals surface area (Å²) < 4.78 is 0. The van der Waals surface area contributed by atoms with Gasteiger partial charge in [-0.3, -0.25) is 0 Å². The van der Waals surface area contributed by atoms with E-state index in [1.165, 1.54) is 44.9 Å². The molecule has 2 rings (SSSR count). The third kappa shape index (κ3) is 3.23. The Labute approximate surface area is 107 Å². The molecule has 0 bridgehead atoms. The molecule has 0 aromatic heterocycles. The summed E-state index contributed by atoms with van der Waals surface area (Å²) in [5.74, 6) is 3.07. The molecule has 0 amide bonds. The van der Waals surface area contributed by atoms with Crippen LogP contribution in [0, 0.1) is 23.7 Å². The summed E-state index contributed by atoms with van der Waals surface area (Å²) in [6.07, 6.45) is 9.39. The molecular formula is C15H30N2. The van der Waals surface area contributed by atoms with Gasteiger partial charge in [0.15, 0.2) is 0 Å². The van der Waals surface area contributed by atoms with Crippen molar-refractivity contribution in [1.82, 2.24) is 0 Å². The Balaban J connectivity index is 1.86. The van der Waals surface area contributed by atoms with E-state index in [1.807, 2.05) is 0 Å². The summed E-state index contributed by atoms with van der Waals surface area (Å²) in [5, 5.41) is 0. The van der Waals surface area contributed by atoms with Gasteiger partial charge in [-0.2, -0.15) is 0 Å². The predicted molar refractivity (Wildman–Crippen MR) is 73.6 cm³/mol. The summed E-state index contributed by atoms with van der Waals surface area (Å²) in [6.45, 7) is 4.66. The van der Waals surface area contributed by atoms with Crippen LogP contribution in [-0.4, -0.2) is 12.1 Å². The van der Waals surface area contributed by atoms with E-state index in [-0.39, 0.29) is 0 Å². The van der Waals surface area contributed by atoms with Crippen LogP contribution >= 0.6 is 0 Å². The van der Waals surface area contributed by atoms with E-state index in [0.29, 0.717) is 23.9 Å². The standard InChI is InChI=1S/C15H30N2/c1-10-7-12(8-11(2)15(10)17)9-13-5-3-4-6-14(13)16/h10-15H,3-9,16-17H2,1-2H3. The predicted octanol–water partition coefficient (Wildman–Crippen LogP) is 2.90. The van der Waals surface area contributed by atoms with Crippen LogP contribution in [0.2, 0.25) is 0 Å². The fourth-order valence-corrected chi connectivity index (χ4v) is 4.17. The van der Waals surface area contributed by atoms with E-state index in [4.69, 9.17) is 11.5 Å². The van der Waals surface area contributed by atoms with Crippen molar-refractivity contribution in [1.29, 1.82) is 0 Å². The molecule has 0 aliphatic heterocycles. The van der Waals surface area contributed by atoms with Gasteiger partial charge in [-0.1, -0.05) is 26.7 Å². The zero-order valence-electron chi connectivity index (χ0n) is 11.6. The van der Waals surface area contributed by atoms with Gasteiger partial charge < -0.3 is 11.5 Å². The average Bonchev–Trinajstić information content (AvgIpc) is 2.29. The van der Waals surface area contributed by atoms with Crippen molar-refractivity contribution in [2.45, 2.75) is 70.9 Å². The van der Waals surface area contributed by atoms with Crippen LogP contribution in [0.3, 0.4) is 0 Å². The van der Waals surface area contributed by atoms with Gasteiger partial charge in [0, 0.05) is 12.1 Å². The van der Waals surface area contributed by atoms with Crippen LogP contribution in [0.1, 0.15) is 58.8 Å². The molecule has 4 atom stereocenters. The first kappa shape index (κ1) is 13.4. The molecular weight excluding hydrogens is 208 g/mol. The monoisotopic (exact) mass is 238 g/mol. The fraction of sp³-hybridized carbons (Fsp3) is 1.00. The van der Waals surface area contributed by atoms with Crippen molar-refractivity contribution in [2.75, 3.05) is 0 Å². The first-order chi connectivity index (χ1) is 8.08. The van der Waals surface area contributed by atoms with Crippen molar-refractivity contribution in [3.8, 4) is 0 Å². The summed E-state index contributed by atoms with van der Waals surface area (Å²) in [6, 6.07) is 0.899. The van der Waals surface area contributed by atoms with Gasteiger partial charge >= 0.3 is 0 Å². The lowest BCUT2D eigenvalue weighted by Crippen LogP contribution is -2.42. The minimum Gasteiger partial charge on any atom is -0.327 e. The molecule has 4 N–H and O–H groups in total. The van der Waals surface area contributed by atoms with Gasteiger partial charge in [-0.25, -0.2) is 0 Å². The molecule has 100 valence electrons. The molecule has 0 aromatic carbocycles. The minimum absolute atomic E-state index is 0.422. The van der Waals surface area contributed by atoms with Gasteiger partial charge in [-0.15, -0.1) is 0 Å². The Morgan fingerprint density at radius 1 is 0.941 bits per heavy atom. The summed E-state index contributed by atoms with van der Waals surface area (Å²) >= 11 is 0. The van der Waals surface area contributed by atoms with Crippen LogP contribution in [0.25, 0.3) is 0 Å². The largest absolute Gasteiger partial charge is 0.327 e. The molecule has 2 fully saturated rings. The van der Waals surface area contributed by atoms with Crippen molar-refractivity contribution in [2.24, 2.45) is 35.1 Å². The number of hydrogen-bond donors (Lipinski definition) is 2. The topological polar surface area (TPSA) is 52.0 Å². The highest BCUT2D eigenvalue weighted by Gasteiger charge is 2.33. The Morgan fingerprint density at radius 2 is 1.53 bits per heavy atom. The fourth-order valence-electron chi connectivity index (χ4n) is 4.17. The highest BCUT2D eigenvalue weighted by molar-refractivity contribution is 4.88. The maximum atomic E-state index is 6.27. The van der Waals surface area contributed by atoms with Crippen LogP contribution in [0.5, 0.6) is 0 Å². The van der Waals surface area contributed by atoms with E-state index in [2.05, 4.69) is 13.8 Å². The Kier molecular flexibility index (Phi) is 4.48. The smallest absolute Gasteiger partial charge is 0.00905 e. The van der Waals surface area contributed by atoms with E-state index in [1.54, 1.807) is 0 Å². The normalized spacial score (nSPS) is 48.0. The minimum atomic E-state index is 0.422. The second-order valence-electron chi connectivity index (χ2n) is 6.81. The van der Waals surface area contributed by atoms with Crippen LogP contribution in [0.15, 0.2) is 0 Å². The maximum Gasteiger partial charge on any atom is 0.00905 e. The zero-order valence-corrected chi connectivity index (χ0v) is 11.6. The highest BCUT2D eigenvalue weighted by atomic mass is 14.7. The quantitative estimate of drug-likeness (QED) is 0.777. The molecule has 0 radical (unpaired) electrons. The van der Waals surface area contributed by atoms with Gasteiger partial charge in [-0.05, 0) is 55.8 Å². The third-order valence-corrected chi connectivity index (χ3v) is 5.33. The third-order valence-electron chi connectivity index (χ3n) is 5.33. The molecule has 2 nitrogen and oxygen atoms in total. The van der Waals surface area contributed by atoms with Crippen LogP contribution in [-0.2, 0) is 0 Å². The second-order valence-corrected chi connectivity index (χ2v) is 6.81. The number of hydrogen-bond acceptors (Lipinski definition) is 2. The van der Waals surface area contributed by atoms with Crippen LogP contribution in [0.4, 0.5) is 0 Å². The average molecular weight is 238 g/mol. The summed E-state index contributed by atoms with van der Waals surface area (Å²) in [4.78, 5) is 0. The molecule has 2 heteroatoms.